The van der Waals surface area contributed by atoms with Crippen LogP contribution >= 0.6 is 15.9 Å². The van der Waals surface area contributed by atoms with Crippen molar-refractivity contribution in [2.45, 2.75) is 19.9 Å². The fourth-order valence-electron chi connectivity index (χ4n) is 3.05. The number of hydrogen-bond donors (Lipinski definition) is 1. The molecule has 1 amide bonds. The van der Waals surface area contributed by atoms with Gasteiger partial charge in [0.05, 0.1) is 18.2 Å². The van der Waals surface area contributed by atoms with E-state index in [2.05, 4.69) is 31.3 Å². The molecule has 0 saturated heterocycles. The van der Waals surface area contributed by atoms with Crippen molar-refractivity contribution in [2.75, 3.05) is 5.32 Å². The first-order valence-corrected chi connectivity index (χ1v) is 9.97. The number of anilines is 1. The van der Waals surface area contributed by atoms with Gasteiger partial charge in [0.1, 0.15) is 11.2 Å². The molecule has 0 aliphatic rings. The zero-order chi connectivity index (χ0) is 21.3. The van der Waals surface area contributed by atoms with Crippen LogP contribution in [0.2, 0.25) is 0 Å². The van der Waals surface area contributed by atoms with Gasteiger partial charge in [0.25, 0.3) is 5.56 Å². The zero-order valence-electron chi connectivity index (χ0n) is 16.0. The normalized spacial score (nSPS) is 11.0. The largest absolute Gasteiger partial charge is 0.326 e. The molecular weight excluding hydrogens is 453 g/mol. The topological polar surface area (TPSA) is 81.8 Å². The number of aryl methyl sites for hydroxylation is 2. The maximum absolute atomic E-state index is 13.2. The maximum Gasteiger partial charge on any atom is 0.264 e. The Labute approximate surface area is 179 Å². The van der Waals surface area contributed by atoms with Crippen molar-refractivity contribution in [1.82, 2.24) is 19.3 Å². The number of fused-ring (bicyclic) bond motifs is 1. The fraction of sp³-hybridized carbons (Fsp3) is 0.143. The second-order valence-electron chi connectivity index (χ2n) is 6.78. The van der Waals surface area contributed by atoms with Crippen LogP contribution in [0.5, 0.6) is 0 Å². The van der Waals surface area contributed by atoms with Crippen LogP contribution in [0.3, 0.4) is 0 Å². The average Bonchev–Trinajstić information content (AvgIpc) is 3.16. The first kappa shape index (κ1) is 20.0. The molecule has 2 heterocycles. The lowest BCUT2D eigenvalue weighted by Gasteiger charge is -2.09. The van der Waals surface area contributed by atoms with Gasteiger partial charge in [0.15, 0.2) is 5.65 Å². The Hall–Kier alpha value is -3.33. The van der Waals surface area contributed by atoms with Gasteiger partial charge in [-0.2, -0.15) is 5.10 Å². The minimum Gasteiger partial charge on any atom is -0.326 e. The molecule has 1 N–H and O–H groups in total. The highest BCUT2D eigenvalue weighted by Gasteiger charge is 2.12. The van der Waals surface area contributed by atoms with Crippen LogP contribution < -0.4 is 10.9 Å². The Morgan fingerprint density at radius 1 is 1.20 bits per heavy atom. The van der Waals surface area contributed by atoms with E-state index in [9.17, 15) is 14.0 Å². The predicted octanol–water partition coefficient (Wildman–Crippen LogP) is 3.82. The van der Waals surface area contributed by atoms with Gasteiger partial charge in [-0.15, -0.1) is 0 Å². The quantitative estimate of drug-likeness (QED) is 0.481. The predicted molar refractivity (Wildman–Crippen MR) is 115 cm³/mol. The summed E-state index contributed by atoms with van der Waals surface area (Å²) in [7, 11) is 0. The molecule has 0 fully saturated rings. The molecule has 0 aliphatic carbocycles. The molecule has 0 radical (unpaired) electrons. The number of carbonyl (C=O) groups excluding carboxylic acids is 1. The van der Waals surface area contributed by atoms with Crippen molar-refractivity contribution in [1.29, 1.82) is 0 Å². The van der Waals surface area contributed by atoms with Crippen molar-refractivity contribution < 1.29 is 9.18 Å². The number of nitrogens with zero attached hydrogens (tertiary/aromatic N) is 4. The van der Waals surface area contributed by atoms with Crippen molar-refractivity contribution in [3.05, 3.63) is 81.2 Å². The minimum atomic E-state index is -0.359. The molecule has 0 saturated carbocycles. The number of aromatic nitrogens is 4. The number of carbonyl (C=O) groups is 1. The number of benzene rings is 2. The summed E-state index contributed by atoms with van der Waals surface area (Å²) in [6, 6.07) is 11.3. The highest BCUT2D eigenvalue weighted by atomic mass is 79.9. The Morgan fingerprint density at radius 3 is 2.70 bits per heavy atom. The lowest BCUT2D eigenvalue weighted by Crippen LogP contribution is -2.23. The summed E-state index contributed by atoms with van der Waals surface area (Å²) < 4.78 is 17.0. The SMILES string of the molecule is Cc1cc(NC(=O)CCn2cnc3c(cnn3-c3ccc(F)cc3)c2=O)ccc1Br. The van der Waals surface area contributed by atoms with Crippen molar-refractivity contribution in [2.24, 2.45) is 0 Å². The zero-order valence-corrected chi connectivity index (χ0v) is 17.6. The van der Waals surface area contributed by atoms with E-state index in [0.29, 0.717) is 22.4 Å². The number of amides is 1. The molecule has 9 heteroatoms. The van der Waals surface area contributed by atoms with Gasteiger partial charge in [0, 0.05) is 23.1 Å². The Kier molecular flexibility index (Phi) is 5.45. The molecule has 7 nitrogen and oxygen atoms in total. The minimum absolute atomic E-state index is 0.119. The molecule has 0 unspecified atom stereocenters. The molecule has 0 bridgehead atoms. The molecule has 0 aliphatic heterocycles. The summed E-state index contributed by atoms with van der Waals surface area (Å²) in [6.45, 7) is 2.12. The van der Waals surface area contributed by atoms with E-state index < -0.39 is 0 Å². The molecule has 0 spiro atoms. The standard InChI is InChI=1S/C21H17BrFN5O2/c1-13-10-15(4-7-18(13)22)26-19(29)8-9-27-12-24-20-17(21(27)30)11-25-28(20)16-5-2-14(23)3-6-16/h2-7,10-12H,8-9H2,1H3,(H,26,29). The second-order valence-corrected chi connectivity index (χ2v) is 7.63. The third-order valence-electron chi connectivity index (χ3n) is 4.65. The van der Waals surface area contributed by atoms with Gasteiger partial charge in [-0.25, -0.2) is 14.1 Å². The summed E-state index contributed by atoms with van der Waals surface area (Å²) >= 11 is 3.42. The summed E-state index contributed by atoms with van der Waals surface area (Å²) in [4.78, 5) is 29.3. The third kappa shape index (κ3) is 4.02. The Balaban J connectivity index is 1.50. The van der Waals surface area contributed by atoms with Gasteiger partial charge in [-0.3, -0.25) is 14.2 Å². The van der Waals surface area contributed by atoms with E-state index in [1.807, 2.05) is 19.1 Å². The van der Waals surface area contributed by atoms with Gasteiger partial charge >= 0.3 is 0 Å². The van der Waals surface area contributed by atoms with Gasteiger partial charge in [-0.05, 0) is 55.0 Å². The van der Waals surface area contributed by atoms with Crippen LogP contribution in [0.1, 0.15) is 12.0 Å². The summed E-state index contributed by atoms with van der Waals surface area (Å²) in [6.07, 6.45) is 2.94. The molecule has 30 heavy (non-hydrogen) atoms. The molecular formula is C21H17BrFN5O2. The Morgan fingerprint density at radius 2 is 1.97 bits per heavy atom. The number of halogens is 2. The van der Waals surface area contributed by atoms with Crippen molar-refractivity contribution in [3.63, 3.8) is 0 Å². The molecule has 0 atom stereocenters. The van der Waals surface area contributed by atoms with Crippen LogP contribution in [0.4, 0.5) is 10.1 Å². The summed E-state index contributed by atoms with van der Waals surface area (Å²) in [5.41, 5.74) is 2.39. The van der Waals surface area contributed by atoms with E-state index in [0.717, 1.165) is 10.0 Å². The van der Waals surface area contributed by atoms with E-state index in [-0.39, 0.29) is 30.2 Å². The second kappa shape index (κ2) is 8.19. The van der Waals surface area contributed by atoms with E-state index in [1.165, 1.54) is 33.9 Å². The molecule has 2 aromatic carbocycles. The molecule has 4 aromatic rings. The monoisotopic (exact) mass is 469 g/mol. The van der Waals surface area contributed by atoms with Crippen LogP contribution in [0.15, 0.2) is 64.3 Å². The number of hydrogen-bond acceptors (Lipinski definition) is 4. The van der Waals surface area contributed by atoms with Gasteiger partial charge in [-0.1, -0.05) is 15.9 Å². The van der Waals surface area contributed by atoms with E-state index in [1.54, 1.807) is 18.2 Å². The molecule has 152 valence electrons. The van der Waals surface area contributed by atoms with Crippen LogP contribution in [0.25, 0.3) is 16.7 Å². The third-order valence-corrected chi connectivity index (χ3v) is 5.54. The first-order chi connectivity index (χ1) is 14.4. The highest BCUT2D eigenvalue weighted by Crippen LogP contribution is 2.20. The number of nitrogens with one attached hydrogen (secondary N) is 1. The lowest BCUT2D eigenvalue weighted by molar-refractivity contribution is -0.116. The van der Waals surface area contributed by atoms with Gasteiger partial charge < -0.3 is 5.32 Å². The molecule has 2 aromatic heterocycles. The van der Waals surface area contributed by atoms with Crippen LogP contribution in [0, 0.1) is 12.7 Å². The Bertz CT molecular complexity index is 1300. The van der Waals surface area contributed by atoms with Gasteiger partial charge in [0.2, 0.25) is 5.91 Å². The van der Waals surface area contributed by atoms with Crippen molar-refractivity contribution >= 4 is 38.6 Å². The summed E-state index contributed by atoms with van der Waals surface area (Å²) in [5, 5.41) is 7.35. The summed E-state index contributed by atoms with van der Waals surface area (Å²) in [5.74, 6) is -0.562. The average molecular weight is 470 g/mol. The van der Waals surface area contributed by atoms with Crippen LogP contribution in [-0.4, -0.2) is 25.2 Å². The fourth-order valence-corrected chi connectivity index (χ4v) is 3.29. The lowest BCUT2D eigenvalue weighted by atomic mass is 10.2. The van der Waals surface area contributed by atoms with E-state index in [4.69, 9.17) is 0 Å². The first-order valence-electron chi connectivity index (χ1n) is 9.17. The smallest absolute Gasteiger partial charge is 0.264 e. The van der Waals surface area contributed by atoms with Crippen LogP contribution in [-0.2, 0) is 11.3 Å². The number of rotatable bonds is 5. The maximum atomic E-state index is 13.2. The van der Waals surface area contributed by atoms with E-state index >= 15 is 0 Å². The highest BCUT2D eigenvalue weighted by molar-refractivity contribution is 9.10. The van der Waals surface area contributed by atoms with Crippen molar-refractivity contribution in [3.8, 4) is 5.69 Å². The molecule has 4 rings (SSSR count).